The van der Waals surface area contributed by atoms with E-state index in [2.05, 4.69) is 27.8 Å². The van der Waals surface area contributed by atoms with Crippen LogP contribution in [0.1, 0.15) is 17.4 Å². The molecule has 0 atom stereocenters. The van der Waals surface area contributed by atoms with Gasteiger partial charge in [-0.05, 0) is 36.8 Å². The number of hydrogen-bond acceptors (Lipinski definition) is 5. The van der Waals surface area contributed by atoms with Gasteiger partial charge in [0.1, 0.15) is 5.75 Å². The van der Waals surface area contributed by atoms with Gasteiger partial charge in [-0.25, -0.2) is 4.98 Å². The summed E-state index contributed by atoms with van der Waals surface area (Å²) in [5.74, 6) is 0.690. The molecule has 1 amide bonds. The highest BCUT2D eigenvalue weighted by Gasteiger charge is 2.07. The number of thiazole rings is 1. The third-order valence-corrected chi connectivity index (χ3v) is 4.55. The molecule has 0 unspecified atom stereocenters. The van der Waals surface area contributed by atoms with E-state index < -0.39 is 0 Å². The molecular formula is C20H21N3O2S. The fourth-order valence-corrected chi connectivity index (χ4v) is 3.29. The van der Waals surface area contributed by atoms with Gasteiger partial charge in [0, 0.05) is 23.2 Å². The molecule has 0 aliphatic rings. The number of rotatable bonds is 8. The second kappa shape index (κ2) is 9.01. The highest BCUT2D eigenvalue weighted by molar-refractivity contribution is 7.15. The number of carbonyl (C=O) groups is 1. The third kappa shape index (κ3) is 5.32. The Kier molecular flexibility index (Phi) is 6.22. The smallest absolute Gasteiger partial charge is 0.245 e. The molecule has 26 heavy (non-hydrogen) atoms. The van der Waals surface area contributed by atoms with E-state index in [-0.39, 0.29) is 12.5 Å². The predicted octanol–water partition coefficient (Wildman–Crippen LogP) is 4.18. The van der Waals surface area contributed by atoms with E-state index in [0.717, 1.165) is 22.7 Å². The second-order valence-electron chi connectivity index (χ2n) is 5.65. The fraction of sp³-hybridized carbons (Fsp3) is 0.200. The summed E-state index contributed by atoms with van der Waals surface area (Å²) in [7, 11) is 0. The van der Waals surface area contributed by atoms with Crippen LogP contribution in [-0.4, -0.2) is 24.0 Å². The summed E-state index contributed by atoms with van der Waals surface area (Å²) in [5.41, 5.74) is 2.10. The minimum absolute atomic E-state index is 0.125. The summed E-state index contributed by atoms with van der Waals surface area (Å²) in [5, 5.41) is 6.54. The molecule has 1 heterocycles. The molecule has 3 aromatic rings. The van der Waals surface area contributed by atoms with Gasteiger partial charge in [-0.3, -0.25) is 4.79 Å². The van der Waals surface area contributed by atoms with E-state index in [1.54, 1.807) is 0 Å². The van der Waals surface area contributed by atoms with Crippen molar-refractivity contribution in [2.75, 3.05) is 23.8 Å². The molecule has 0 saturated heterocycles. The number of anilines is 2. The number of benzene rings is 2. The lowest BCUT2D eigenvalue weighted by molar-refractivity contribution is -0.114. The normalized spacial score (nSPS) is 10.3. The Bertz CT molecular complexity index is 832. The number of ether oxygens (including phenoxy) is 1. The average Bonchev–Trinajstić information content (AvgIpc) is 3.09. The molecule has 134 valence electrons. The second-order valence-corrected chi connectivity index (χ2v) is 6.77. The molecule has 2 aromatic carbocycles. The van der Waals surface area contributed by atoms with Crippen molar-refractivity contribution in [3.05, 3.63) is 71.2 Å². The van der Waals surface area contributed by atoms with Crippen molar-refractivity contribution in [2.45, 2.75) is 13.3 Å². The maximum Gasteiger partial charge on any atom is 0.245 e. The topological polar surface area (TPSA) is 63.2 Å². The van der Waals surface area contributed by atoms with Gasteiger partial charge >= 0.3 is 0 Å². The Balaban J connectivity index is 1.47. The molecule has 0 fully saturated rings. The standard InChI is InChI=1S/C20H21N3O2S/c1-2-25-17-10-8-16(9-11-17)21-14-19(24)23-20-22-13-18(26-20)12-15-6-4-3-5-7-15/h3-11,13,21H,2,12,14H2,1H3,(H,22,23,24). The molecule has 1 aromatic heterocycles. The monoisotopic (exact) mass is 367 g/mol. The van der Waals surface area contributed by atoms with Crippen molar-refractivity contribution >= 4 is 28.1 Å². The molecule has 0 saturated carbocycles. The summed E-state index contributed by atoms with van der Waals surface area (Å²) in [6, 6.07) is 17.7. The molecule has 0 spiro atoms. The first kappa shape index (κ1) is 17.9. The van der Waals surface area contributed by atoms with E-state index in [4.69, 9.17) is 4.74 Å². The summed E-state index contributed by atoms with van der Waals surface area (Å²) < 4.78 is 5.40. The molecule has 5 nitrogen and oxygen atoms in total. The van der Waals surface area contributed by atoms with Crippen LogP contribution in [0.5, 0.6) is 5.75 Å². The molecule has 3 rings (SSSR count). The van der Waals surface area contributed by atoms with E-state index in [1.807, 2.05) is 55.6 Å². The van der Waals surface area contributed by atoms with Gasteiger partial charge in [0.05, 0.1) is 13.2 Å². The summed E-state index contributed by atoms with van der Waals surface area (Å²) in [6.07, 6.45) is 2.63. The van der Waals surface area contributed by atoms with E-state index in [0.29, 0.717) is 11.7 Å². The van der Waals surface area contributed by atoms with Gasteiger partial charge < -0.3 is 15.4 Å². The van der Waals surface area contributed by atoms with Crippen LogP contribution in [0.15, 0.2) is 60.8 Å². The summed E-state index contributed by atoms with van der Waals surface area (Å²) >= 11 is 1.50. The molecular weight excluding hydrogens is 346 g/mol. The zero-order chi connectivity index (χ0) is 18.2. The number of aromatic nitrogens is 1. The Morgan fingerprint density at radius 3 is 2.62 bits per heavy atom. The fourth-order valence-electron chi connectivity index (χ4n) is 2.43. The van der Waals surface area contributed by atoms with Crippen molar-refractivity contribution in [3.63, 3.8) is 0 Å². The first-order valence-electron chi connectivity index (χ1n) is 8.48. The van der Waals surface area contributed by atoms with E-state index >= 15 is 0 Å². The zero-order valence-corrected chi connectivity index (χ0v) is 15.4. The van der Waals surface area contributed by atoms with Crippen molar-refractivity contribution in [2.24, 2.45) is 0 Å². The first-order chi connectivity index (χ1) is 12.7. The van der Waals surface area contributed by atoms with Crippen LogP contribution >= 0.6 is 11.3 Å². The van der Waals surface area contributed by atoms with Gasteiger partial charge in [0.2, 0.25) is 5.91 Å². The SMILES string of the molecule is CCOc1ccc(NCC(=O)Nc2ncc(Cc3ccccc3)s2)cc1. The van der Waals surface area contributed by atoms with Crippen LogP contribution in [0, 0.1) is 0 Å². The van der Waals surface area contributed by atoms with Gasteiger partial charge in [-0.15, -0.1) is 11.3 Å². The molecule has 0 radical (unpaired) electrons. The van der Waals surface area contributed by atoms with E-state index in [1.165, 1.54) is 16.9 Å². The third-order valence-electron chi connectivity index (χ3n) is 3.64. The lowest BCUT2D eigenvalue weighted by Crippen LogP contribution is -2.21. The lowest BCUT2D eigenvalue weighted by Gasteiger charge is -2.07. The highest BCUT2D eigenvalue weighted by atomic mass is 32.1. The van der Waals surface area contributed by atoms with Gasteiger partial charge in [0.25, 0.3) is 0 Å². The molecule has 0 aliphatic carbocycles. The van der Waals surface area contributed by atoms with E-state index in [9.17, 15) is 4.79 Å². The van der Waals surface area contributed by atoms with Crippen LogP contribution in [0.25, 0.3) is 0 Å². The quantitative estimate of drug-likeness (QED) is 0.627. The van der Waals surface area contributed by atoms with Crippen LogP contribution < -0.4 is 15.4 Å². The van der Waals surface area contributed by atoms with Crippen LogP contribution in [0.2, 0.25) is 0 Å². The van der Waals surface area contributed by atoms with Crippen LogP contribution in [0.3, 0.4) is 0 Å². The highest BCUT2D eigenvalue weighted by Crippen LogP contribution is 2.21. The number of hydrogen-bond donors (Lipinski definition) is 2. The largest absolute Gasteiger partial charge is 0.494 e. The average molecular weight is 367 g/mol. The Hall–Kier alpha value is -2.86. The maximum absolute atomic E-state index is 12.1. The maximum atomic E-state index is 12.1. The Labute approximate surface area is 157 Å². The number of carbonyl (C=O) groups excluding carboxylic acids is 1. The summed E-state index contributed by atoms with van der Waals surface area (Å²) in [6.45, 7) is 2.76. The molecule has 0 bridgehead atoms. The van der Waals surface area contributed by atoms with Crippen molar-refractivity contribution in [1.29, 1.82) is 0 Å². The van der Waals surface area contributed by atoms with Gasteiger partial charge in [-0.2, -0.15) is 0 Å². The molecule has 6 heteroatoms. The number of amides is 1. The molecule has 0 aliphatic heterocycles. The Morgan fingerprint density at radius 1 is 1.12 bits per heavy atom. The molecule has 2 N–H and O–H groups in total. The number of nitrogens with zero attached hydrogens (tertiary/aromatic N) is 1. The van der Waals surface area contributed by atoms with Crippen LogP contribution in [0.4, 0.5) is 10.8 Å². The minimum atomic E-state index is -0.125. The Morgan fingerprint density at radius 2 is 1.88 bits per heavy atom. The predicted molar refractivity (Wildman–Crippen MR) is 106 cm³/mol. The van der Waals surface area contributed by atoms with Crippen LogP contribution in [-0.2, 0) is 11.2 Å². The lowest BCUT2D eigenvalue weighted by atomic mass is 10.1. The van der Waals surface area contributed by atoms with Crippen molar-refractivity contribution in [3.8, 4) is 5.75 Å². The van der Waals surface area contributed by atoms with Gasteiger partial charge in [0.15, 0.2) is 5.13 Å². The van der Waals surface area contributed by atoms with Crippen molar-refractivity contribution in [1.82, 2.24) is 4.98 Å². The first-order valence-corrected chi connectivity index (χ1v) is 9.30. The zero-order valence-electron chi connectivity index (χ0n) is 14.6. The minimum Gasteiger partial charge on any atom is -0.494 e. The van der Waals surface area contributed by atoms with Crippen molar-refractivity contribution < 1.29 is 9.53 Å². The summed E-state index contributed by atoms with van der Waals surface area (Å²) in [4.78, 5) is 17.5. The van der Waals surface area contributed by atoms with Gasteiger partial charge in [-0.1, -0.05) is 30.3 Å². The number of nitrogens with one attached hydrogen (secondary N) is 2.